The minimum atomic E-state index is -3.01. The molecule has 1 fully saturated rings. The van der Waals surface area contributed by atoms with E-state index in [-0.39, 0.29) is 29.5 Å². The number of hydrogen-bond donors (Lipinski definition) is 1. The lowest BCUT2D eigenvalue weighted by Gasteiger charge is -2.11. The quantitative estimate of drug-likeness (QED) is 0.907. The molecule has 7 nitrogen and oxygen atoms in total. The van der Waals surface area contributed by atoms with E-state index in [1.54, 1.807) is 16.9 Å². The third kappa shape index (κ3) is 2.83. The third-order valence-corrected chi connectivity index (χ3v) is 5.52. The van der Waals surface area contributed by atoms with E-state index in [2.05, 4.69) is 15.4 Å². The van der Waals surface area contributed by atoms with E-state index < -0.39 is 9.84 Å². The minimum Gasteiger partial charge on any atom is -0.348 e. The van der Waals surface area contributed by atoms with Gasteiger partial charge in [0.2, 0.25) is 0 Å². The Morgan fingerprint density at radius 1 is 1.41 bits per heavy atom. The zero-order valence-corrected chi connectivity index (χ0v) is 13.3. The third-order valence-electron chi connectivity index (χ3n) is 3.75. The second-order valence-corrected chi connectivity index (χ2v) is 8.12. The van der Waals surface area contributed by atoms with Gasteiger partial charge in [-0.2, -0.15) is 5.10 Å². The Hall–Kier alpha value is -1.96. The number of aromatic nitrogens is 3. The Bertz CT molecular complexity index is 826. The maximum absolute atomic E-state index is 12.2. The Labute approximate surface area is 128 Å². The van der Waals surface area contributed by atoms with Crippen LogP contribution in [-0.2, 0) is 9.84 Å². The van der Waals surface area contributed by atoms with Crippen molar-refractivity contribution in [2.24, 2.45) is 0 Å². The summed E-state index contributed by atoms with van der Waals surface area (Å²) in [5, 5.41) is 7.81. The summed E-state index contributed by atoms with van der Waals surface area (Å²) in [4.78, 5) is 16.5. The largest absolute Gasteiger partial charge is 0.348 e. The molecule has 0 bridgehead atoms. The lowest BCUT2D eigenvalue weighted by Crippen LogP contribution is -2.35. The van der Waals surface area contributed by atoms with Crippen LogP contribution in [-0.4, -0.2) is 46.6 Å². The molecule has 0 radical (unpaired) electrons. The lowest BCUT2D eigenvalue weighted by molar-refractivity contribution is 0.0941. The molecule has 1 aliphatic heterocycles. The molecular weight excluding hydrogens is 304 g/mol. The maximum Gasteiger partial charge on any atom is 0.253 e. The van der Waals surface area contributed by atoms with E-state index in [0.29, 0.717) is 12.0 Å². The van der Waals surface area contributed by atoms with Gasteiger partial charge < -0.3 is 5.32 Å². The molecule has 3 rings (SSSR count). The first kappa shape index (κ1) is 15.0. The number of nitrogens with one attached hydrogen (secondary N) is 1. The van der Waals surface area contributed by atoms with Gasteiger partial charge in [-0.15, -0.1) is 0 Å². The molecule has 1 unspecified atom stereocenters. The minimum absolute atomic E-state index is 0.0136. The van der Waals surface area contributed by atoms with Gasteiger partial charge in [-0.05, 0) is 26.3 Å². The van der Waals surface area contributed by atoms with Crippen molar-refractivity contribution in [1.29, 1.82) is 0 Å². The van der Waals surface area contributed by atoms with Crippen LogP contribution in [0, 0.1) is 0 Å². The molecule has 22 heavy (non-hydrogen) atoms. The number of fused-ring (bicyclic) bond motifs is 1. The van der Waals surface area contributed by atoms with Crippen molar-refractivity contribution in [1.82, 2.24) is 20.1 Å². The van der Waals surface area contributed by atoms with Crippen molar-refractivity contribution in [3.63, 3.8) is 0 Å². The summed E-state index contributed by atoms with van der Waals surface area (Å²) < 4.78 is 24.6. The number of nitrogens with zero attached hydrogens (tertiary/aromatic N) is 3. The lowest BCUT2D eigenvalue weighted by atomic mass is 10.2. The normalized spacial score (nSPS) is 20.6. The summed E-state index contributed by atoms with van der Waals surface area (Å²) in [6, 6.07) is 1.60. The Morgan fingerprint density at radius 2 is 2.18 bits per heavy atom. The molecule has 0 saturated carbocycles. The topological polar surface area (TPSA) is 94.0 Å². The van der Waals surface area contributed by atoms with E-state index in [1.165, 1.54) is 6.20 Å². The van der Waals surface area contributed by atoms with Gasteiger partial charge >= 0.3 is 0 Å². The highest BCUT2D eigenvalue weighted by atomic mass is 32.2. The van der Waals surface area contributed by atoms with Crippen molar-refractivity contribution < 1.29 is 13.2 Å². The molecule has 0 spiro atoms. The van der Waals surface area contributed by atoms with Gasteiger partial charge in [-0.1, -0.05) is 0 Å². The van der Waals surface area contributed by atoms with Crippen molar-refractivity contribution in [3.05, 3.63) is 24.0 Å². The van der Waals surface area contributed by atoms with E-state index in [0.717, 1.165) is 11.0 Å². The summed E-state index contributed by atoms with van der Waals surface area (Å²) in [5.74, 6) is -0.149. The number of carbonyl (C=O) groups is 1. The van der Waals surface area contributed by atoms with Crippen molar-refractivity contribution in [2.75, 3.05) is 11.5 Å². The van der Waals surface area contributed by atoms with E-state index in [4.69, 9.17) is 0 Å². The molecule has 1 aliphatic rings. The summed E-state index contributed by atoms with van der Waals surface area (Å²) >= 11 is 0. The smallest absolute Gasteiger partial charge is 0.253 e. The van der Waals surface area contributed by atoms with Gasteiger partial charge in [0, 0.05) is 23.7 Å². The van der Waals surface area contributed by atoms with Crippen LogP contribution >= 0.6 is 0 Å². The first-order valence-electron chi connectivity index (χ1n) is 7.20. The molecule has 8 heteroatoms. The van der Waals surface area contributed by atoms with Crippen molar-refractivity contribution in [3.8, 4) is 0 Å². The van der Waals surface area contributed by atoms with E-state index in [1.807, 2.05) is 13.8 Å². The summed E-state index contributed by atoms with van der Waals surface area (Å²) in [6.45, 7) is 4.02. The number of rotatable bonds is 3. The zero-order chi connectivity index (χ0) is 15.9. The Kier molecular flexibility index (Phi) is 3.64. The average molecular weight is 322 g/mol. The SMILES string of the molecule is CC(C)n1ncc2cc(C(=O)NC3CCS(=O)(=O)C3)cnc21. The highest BCUT2D eigenvalue weighted by molar-refractivity contribution is 7.91. The van der Waals surface area contributed by atoms with Crippen LogP contribution in [0.5, 0.6) is 0 Å². The molecular formula is C14H18N4O3S. The van der Waals surface area contributed by atoms with Crippen LogP contribution in [0.4, 0.5) is 0 Å². The van der Waals surface area contributed by atoms with Crippen LogP contribution in [0.25, 0.3) is 11.0 Å². The fraction of sp³-hybridized carbons (Fsp3) is 0.500. The number of carbonyl (C=O) groups excluding carboxylic acids is 1. The van der Waals surface area contributed by atoms with Gasteiger partial charge in [0.05, 0.1) is 23.3 Å². The molecule has 3 heterocycles. The van der Waals surface area contributed by atoms with E-state index >= 15 is 0 Å². The molecule has 2 aromatic heterocycles. The average Bonchev–Trinajstić information content (AvgIpc) is 3.01. The number of hydrogen-bond acceptors (Lipinski definition) is 5. The standard InChI is InChI=1S/C14H18N4O3S/c1-9(2)18-13-10(7-16-18)5-11(6-15-13)14(19)17-12-3-4-22(20,21)8-12/h5-7,9,12H,3-4,8H2,1-2H3,(H,17,19). The number of pyridine rings is 1. The summed E-state index contributed by atoms with van der Waals surface area (Å²) in [5.41, 5.74) is 1.15. The zero-order valence-electron chi connectivity index (χ0n) is 12.5. The number of amides is 1. The van der Waals surface area contributed by atoms with Gasteiger partial charge in [-0.3, -0.25) is 4.79 Å². The van der Waals surface area contributed by atoms with Crippen LogP contribution in [0.3, 0.4) is 0 Å². The fourth-order valence-electron chi connectivity index (χ4n) is 2.62. The molecule has 1 N–H and O–H groups in total. The summed E-state index contributed by atoms with van der Waals surface area (Å²) in [7, 11) is -3.01. The van der Waals surface area contributed by atoms with Gasteiger partial charge in [0.1, 0.15) is 0 Å². The predicted octanol–water partition coefficient (Wildman–Crippen LogP) is 0.929. The highest BCUT2D eigenvalue weighted by Gasteiger charge is 2.29. The van der Waals surface area contributed by atoms with Crippen LogP contribution < -0.4 is 5.32 Å². The molecule has 1 atom stereocenters. The van der Waals surface area contributed by atoms with Crippen molar-refractivity contribution in [2.45, 2.75) is 32.4 Å². The predicted molar refractivity (Wildman–Crippen MR) is 82.4 cm³/mol. The second-order valence-electron chi connectivity index (χ2n) is 5.89. The molecule has 0 aromatic carbocycles. The maximum atomic E-state index is 12.2. The number of sulfone groups is 1. The second kappa shape index (κ2) is 5.35. The molecule has 0 aliphatic carbocycles. The Morgan fingerprint density at radius 3 is 2.82 bits per heavy atom. The monoisotopic (exact) mass is 322 g/mol. The van der Waals surface area contributed by atoms with Crippen LogP contribution in [0.2, 0.25) is 0 Å². The summed E-state index contributed by atoms with van der Waals surface area (Å²) in [6.07, 6.45) is 3.65. The molecule has 1 amide bonds. The molecule has 118 valence electrons. The van der Waals surface area contributed by atoms with Gasteiger partial charge in [-0.25, -0.2) is 18.1 Å². The van der Waals surface area contributed by atoms with Gasteiger partial charge in [0.25, 0.3) is 5.91 Å². The molecule has 1 saturated heterocycles. The first-order chi connectivity index (χ1) is 10.4. The van der Waals surface area contributed by atoms with Gasteiger partial charge in [0.15, 0.2) is 15.5 Å². The van der Waals surface area contributed by atoms with Crippen molar-refractivity contribution >= 4 is 26.8 Å². The van der Waals surface area contributed by atoms with Crippen LogP contribution in [0.1, 0.15) is 36.7 Å². The fourth-order valence-corrected chi connectivity index (χ4v) is 4.29. The molecule has 2 aromatic rings. The first-order valence-corrected chi connectivity index (χ1v) is 9.02. The van der Waals surface area contributed by atoms with E-state index in [9.17, 15) is 13.2 Å². The highest BCUT2D eigenvalue weighted by Crippen LogP contribution is 2.17. The van der Waals surface area contributed by atoms with Crippen LogP contribution in [0.15, 0.2) is 18.5 Å². The Balaban J connectivity index is 1.80.